The summed E-state index contributed by atoms with van der Waals surface area (Å²) in [6.07, 6.45) is 2.87. The van der Waals surface area contributed by atoms with Crippen molar-refractivity contribution in [1.82, 2.24) is 10.6 Å². The Morgan fingerprint density at radius 2 is 2.30 bits per heavy atom. The first-order valence-corrected chi connectivity index (χ1v) is 7.55. The second kappa shape index (κ2) is 6.83. The van der Waals surface area contributed by atoms with Crippen molar-refractivity contribution in [1.29, 1.82) is 0 Å². The zero-order valence-corrected chi connectivity index (χ0v) is 12.8. The molecule has 0 unspecified atom stereocenters. The van der Waals surface area contributed by atoms with Gasteiger partial charge in [-0.2, -0.15) is 0 Å². The van der Waals surface area contributed by atoms with E-state index in [1.54, 1.807) is 31.6 Å². The lowest BCUT2D eigenvalue weighted by molar-refractivity contribution is 0.156. The fourth-order valence-corrected chi connectivity index (χ4v) is 2.97. The first-order chi connectivity index (χ1) is 11.2. The maximum absolute atomic E-state index is 13.7. The van der Waals surface area contributed by atoms with Crippen LogP contribution in [0.3, 0.4) is 0 Å². The molecule has 0 bridgehead atoms. The molecule has 0 spiro atoms. The normalized spacial score (nSPS) is 17.6. The molecular formula is C17H19FN2O3. The van der Waals surface area contributed by atoms with Crippen LogP contribution in [0, 0.1) is 5.82 Å². The van der Waals surface area contributed by atoms with E-state index in [2.05, 4.69) is 10.6 Å². The number of amides is 2. The molecule has 0 fully saturated rings. The van der Waals surface area contributed by atoms with Crippen molar-refractivity contribution in [2.75, 3.05) is 13.7 Å². The van der Waals surface area contributed by atoms with Crippen molar-refractivity contribution in [2.45, 2.75) is 24.9 Å². The highest BCUT2D eigenvalue weighted by Gasteiger charge is 2.27. The van der Waals surface area contributed by atoms with Gasteiger partial charge >= 0.3 is 6.03 Å². The number of ether oxygens (including phenoxy) is 1. The van der Waals surface area contributed by atoms with E-state index in [-0.39, 0.29) is 23.9 Å². The molecule has 1 aliphatic carbocycles. The minimum Gasteiger partial charge on any atom is -0.467 e. The van der Waals surface area contributed by atoms with E-state index >= 15 is 0 Å². The van der Waals surface area contributed by atoms with E-state index in [4.69, 9.17) is 9.15 Å². The topological polar surface area (TPSA) is 63.5 Å². The van der Waals surface area contributed by atoms with Gasteiger partial charge in [0.25, 0.3) is 0 Å². The first kappa shape index (κ1) is 15.6. The SMILES string of the molecule is COC[C@H](NC(=O)N[C@H]1CCc2c(F)cccc21)c1ccco1. The quantitative estimate of drug-likeness (QED) is 0.890. The van der Waals surface area contributed by atoms with Gasteiger partial charge in [-0.15, -0.1) is 0 Å². The van der Waals surface area contributed by atoms with Gasteiger partial charge in [-0.3, -0.25) is 0 Å². The fraction of sp³-hybridized carbons (Fsp3) is 0.353. The van der Waals surface area contributed by atoms with Crippen LogP contribution in [-0.2, 0) is 11.2 Å². The van der Waals surface area contributed by atoms with Crippen molar-refractivity contribution in [3.8, 4) is 0 Å². The highest BCUT2D eigenvalue weighted by molar-refractivity contribution is 5.75. The molecule has 0 saturated heterocycles. The first-order valence-electron chi connectivity index (χ1n) is 7.55. The molecule has 1 aromatic carbocycles. The molecule has 0 aliphatic heterocycles. The minimum atomic E-state index is -0.372. The Morgan fingerprint density at radius 1 is 1.43 bits per heavy atom. The summed E-state index contributed by atoms with van der Waals surface area (Å²) < 4.78 is 24.2. The Bertz CT molecular complexity index is 672. The minimum absolute atomic E-state index is 0.180. The molecular weight excluding hydrogens is 299 g/mol. The zero-order chi connectivity index (χ0) is 16.2. The molecule has 5 nitrogen and oxygen atoms in total. The van der Waals surface area contributed by atoms with E-state index in [1.165, 1.54) is 6.07 Å². The summed E-state index contributed by atoms with van der Waals surface area (Å²) in [4.78, 5) is 12.3. The van der Waals surface area contributed by atoms with Gasteiger partial charge in [0.1, 0.15) is 17.6 Å². The molecule has 122 valence electrons. The van der Waals surface area contributed by atoms with Crippen LogP contribution >= 0.6 is 0 Å². The molecule has 2 aromatic rings. The number of hydrogen-bond acceptors (Lipinski definition) is 3. The number of methoxy groups -OCH3 is 1. The predicted octanol–water partition coefficient (Wildman–Crippen LogP) is 3.09. The second-order valence-corrected chi connectivity index (χ2v) is 5.54. The molecule has 1 heterocycles. The summed E-state index contributed by atoms with van der Waals surface area (Å²) in [7, 11) is 1.56. The Morgan fingerprint density at radius 3 is 3.04 bits per heavy atom. The van der Waals surface area contributed by atoms with Crippen LogP contribution < -0.4 is 10.6 Å². The molecule has 0 saturated carbocycles. The van der Waals surface area contributed by atoms with Crippen molar-refractivity contribution in [3.05, 3.63) is 59.3 Å². The lowest BCUT2D eigenvalue weighted by Crippen LogP contribution is -2.40. The number of carbonyl (C=O) groups excluding carboxylic acids is 1. The smallest absolute Gasteiger partial charge is 0.315 e. The Balaban J connectivity index is 1.65. The maximum Gasteiger partial charge on any atom is 0.315 e. The van der Waals surface area contributed by atoms with Crippen LogP contribution in [0.5, 0.6) is 0 Å². The van der Waals surface area contributed by atoms with Crippen LogP contribution in [0.1, 0.15) is 35.4 Å². The number of rotatable bonds is 5. The number of nitrogens with one attached hydrogen (secondary N) is 2. The molecule has 23 heavy (non-hydrogen) atoms. The zero-order valence-electron chi connectivity index (χ0n) is 12.8. The number of carbonyl (C=O) groups is 1. The third-order valence-electron chi connectivity index (χ3n) is 4.04. The Kier molecular flexibility index (Phi) is 4.62. The van der Waals surface area contributed by atoms with Crippen LogP contribution in [0.4, 0.5) is 9.18 Å². The molecule has 6 heteroatoms. The second-order valence-electron chi connectivity index (χ2n) is 5.54. The predicted molar refractivity (Wildman–Crippen MR) is 82.5 cm³/mol. The van der Waals surface area contributed by atoms with Crippen molar-refractivity contribution in [3.63, 3.8) is 0 Å². The van der Waals surface area contributed by atoms with Crippen LogP contribution in [-0.4, -0.2) is 19.7 Å². The third kappa shape index (κ3) is 3.37. The number of hydrogen-bond donors (Lipinski definition) is 2. The van der Waals surface area contributed by atoms with Crippen LogP contribution in [0.2, 0.25) is 0 Å². The summed E-state index contributed by atoms with van der Waals surface area (Å²) >= 11 is 0. The average Bonchev–Trinajstić information content (AvgIpc) is 3.18. The number of furan rings is 1. The number of halogens is 1. The molecule has 1 aromatic heterocycles. The van der Waals surface area contributed by atoms with Gasteiger partial charge in [-0.25, -0.2) is 9.18 Å². The standard InChI is InChI=1S/C17H19FN2O3/c1-22-10-15(16-6-3-9-23-16)20-17(21)19-14-8-7-11-12(14)4-2-5-13(11)18/h2-6,9,14-15H,7-8,10H2,1H3,(H2,19,20,21)/t14-,15-/m0/s1. The molecule has 3 rings (SSSR count). The summed E-state index contributed by atoms with van der Waals surface area (Å²) in [6, 6.07) is 7.64. The van der Waals surface area contributed by atoms with Crippen molar-refractivity contribution >= 4 is 6.03 Å². The average molecular weight is 318 g/mol. The molecule has 2 N–H and O–H groups in total. The molecule has 2 amide bonds. The van der Waals surface area contributed by atoms with Crippen LogP contribution in [0.25, 0.3) is 0 Å². The van der Waals surface area contributed by atoms with Gasteiger partial charge < -0.3 is 19.8 Å². The van der Waals surface area contributed by atoms with Crippen molar-refractivity contribution in [2.24, 2.45) is 0 Å². The Labute approximate surface area is 133 Å². The largest absolute Gasteiger partial charge is 0.467 e. The van der Waals surface area contributed by atoms with Crippen molar-refractivity contribution < 1.29 is 18.3 Å². The number of benzene rings is 1. The van der Waals surface area contributed by atoms with Gasteiger partial charge in [0.2, 0.25) is 0 Å². The van der Waals surface area contributed by atoms with Gasteiger partial charge in [-0.05, 0) is 42.2 Å². The summed E-state index contributed by atoms with van der Waals surface area (Å²) in [5.41, 5.74) is 1.54. The highest BCUT2D eigenvalue weighted by atomic mass is 19.1. The molecule has 2 atom stereocenters. The van der Waals surface area contributed by atoms with Gasteiger partial charge in [0.15, 0.2) is 0 Å². The van der Waals surface area contributed by atoms with Gasteiger partial charge in [0, 0.05) is 7.11 Å². The lowest BCUT2D eigenvalue weighted by atomic mass is 10.1. The summed E-state index contributed by atoms with van der Waals surface area (Å²) in [5.74, 6) is 0.417. The monoisotopic (exact) mass is 318 g/mol. The van der Waals surface area contributed by atoms with E-state index in [9.17, 15) is 9.18 Å². The van der Waals surface area contributed by atoms with Gasteiger partial charge in [-0.1, -0.05) is 12.1 Å². The number of urea groups is 1. The van der Waals surface area contributed by atoms with E-state index in [0.717, 1.165) is 5.56 Å². The summed E-state index contributed by atoms with van der Waals surface area (Å²) in [5, 5.41) is 5.73. The highest BCUT2D eigenvalue weighted by Crippen LogP contribution is 2.32. The van der Waals surface area contributed by atoms with Gasteiger partial charge in [0.05, 0.1) is 18.9 Å². The number of fused-ring (bicyclic) bond motifs is 1. The third-order valence-corrected chi connectivity index (χ3v) is 4.04. The van der Waals surface area contributed by atoms with E-state index < -0.39 is 0 Å². The molecule has 1 aliphatic rings. The Hall–Kier alpha value is -2.34. The summed E-state index contributed by atoms with van der Waals surface area (Å²) in [6.45, 7) is 0.302. The fourth-order valence-electron chi connectivity index (χ4n) is 2.97. The van der Waals surface area contributed by atoms with Crippen LogP contribution in [0.15, 0.2) is 41.0 Å². The maximum atomic E-state index is 13.7. The lowest BCUT2D eigenvalue weighted by Gasteiger charge is -2.19. The van der Waals surface area contributed by atoms with E-state index in [1.807, 2.05) is 6.07 Å². The molecule has 0 radical (unpaired) electrons. The van der Waals surface area contributed by atoms with E-state index in [0.29, 0.717) is 30.8 Å².